The number of hydrogen-bond donors (Lipinski definition) is 2. The summed E-state index contributed by atoms with van der Waals surface area (Å²) in [6, 6.07) is 7.26. The van der Waals surface area contributed by atoms with Crippen molar-refractivity contribution in [3.8, 4) is 5.88 Å². The summed E-state index contributed by atoms with van der Waals surface area (Å²) in [5.74, 6) is 0.0278. The Kier molecular flexibility index (Phi) is 3.29. The molecule has 0 spiro atoms. The van der Waals surface area contributed by atoms with Gasteiger partial charge in [-0.2, -0.15) is 4.98 Å². The molecule has 3 aromatic heterocycles. The fraction of sp³-hybridized carbons (Fsp3) is 0.188. The first-order chi connectivity index (χ1) is 12.4. The Morgan fingerprint density at radius 2 is 1.77 bits per heavy atom. The molecule has 10 nitrogen and oxygen atoms in total. The van der Waals surface area contributed by atoms with E-state index in [-0.39, 0.29) is 28.7 Å². The highest BCUT2D eigenvalue weighted by atomic mass is 16.3. The topological polar surface area (TPSA) is 123 Å². The van der Waals surface area contributed by atoms with E-state index >= 15 is 0 Å². The Labute approximate surface area is 145 Å². The lowest BCUT2D eigenvalue weighted by Gasteiger charge is -2.02. The second kappa shape index (κ2) is 5.41. The van der Waals surface area contributed by atoms with Crippen LogP contribution in [0, 0.1) is 0 Å². The number of H-pyrrole nitrogens is 1. The monoisotopic (exact) mass is 353 g/mol. The van der Waals surface area contributed by atoms with Crippen molar-refractivity contribution in [2.24, 2.45) is 31.4 Å². The minimum Gasteiger partial charge on any atom is -0.493 e. The largest absolute Gasteiger partial charge is 0.493 e. The van der Waals surface area contributed by atoms with E-state index in [9.17, 15) is 14.7 Å². The number of aromatic amines is 1. The van der Waals surface area contributed by atoms with Crippen molar-refractivity contribution in [1.29, 1.82) is 0 Å². The van der Waals surface area contributed by atoms with Crippen LogP contribution in [0.25, 0.3) is 22.1 Å². The summed E-state index contributed by atoms with van der Waals surface area (Å²) in [6.45, 7) is 0. The van der Waals surface area contributed by atoms with Crippen molar-refractivity contribution in [2.45, 2.75) is 0 Å². The van der Waals surface area contributed by atoms with Gasteiger partial charge in [0.25, 0.3) is 11.5 Å². The fourth-order valence-corrected chi connectivity index (χ4v) is 2.91. The fourth-order valence-electron chi connectivity index (χ4n) is 2.91. The third kappa shape index (κ3) is 2.08. The molecule has 2 N–H and O–H groups in total. The van der Waals surface area contributed by atoms with Crippen LogP contribution in [-0.4, -0.2) is 28.8 Å². The molecular formula is C16H15N7O3. The van der Waals surface area contributed by atoms with E-state index in [1.54, 1.807) is 13.1 Å². The van der Waals surface area contributed by atoms with Gasteiger partial charge in [-0.3, -0.25) is 13.9 Å². The lowest BCUT2D eigenvalue weighted by atomic mass is 10.2. The maximum absolute atomic E-state index is 12.4. The van der Waals surface area contributed by atoms with E-state index in [2.05, 4.69) is 20.2 Å². The standard InChI is InChI=1S/C16H15N7O3/c1-21-11-12(22(2)16(26)23(3)14(11)25)18-15(21)20-19-10-8-6-4-5-7-9(8)17-13(10)24/h4-7,17,24H,1-3H3. The number of para-hydroxylation sites is 1. The summed E-state index contributed by atoms with van der Waals surface area (Å²) in [7, 11) is 4.55. The number of benzene rings is 1. The number of aromatic nitrogens is 5. The maximum atomic E-state index is 12.4. The van der Waals surface area contributed by atoms with E-state index in [1.165, 1.54) is 23.2 Å². The zero-order chi connectivity index (χ0) is 18.6. The molecule has 0 fully saturated rings. The van der Waals surface area contributed by atoms with Gasteiger partial charge in [0.05, 0.1) is 5.52 Å². The van der Waals surface area contributed by atoms with Crippen molar-refractivity contribution in [3.05, 3.63) is 45.1 Å². The Morgan fingerprint density at radius 1 is 1.04 bits per heavy atom. The van der Waals surface area contributed by atoms with E-state index in [0.717, 1.165) is 10.1 Å². The highest BCUT2D eigenvalue weighted by Gasteiger charge is 2.17. The predicted octanol–water partition coefficient (Wildman–Crippen LogP) is 1.57. The van der Waals surface area contributed by atoms with E-state index in [1.807, 2.05) is 18.2 Å². The molecule has 4 rings (SSSR count). The first-order valence-electron chi connectivity index (χ1n) is 7.74. The first kappa shape index (κ1) is 15.8. The number of azo groups is 1. The summed E-state index contributed by atoms with van der Waals surface area (Å²) in [4.78, 5) is 31.5. The summed E-state index contributed by atoms with van der Waals surface area (Å²) in [6.07, 6.45) is 0. The third-order valence-electron chi connectivity index (χ3n) is 4.35. The molecule has 0 radical (unpaired) electrons. The van der Waals surface area contributed by atoms with Crippen molar-refractivity contribution in [2.75, 3.05) is 0 Å². The van der Waals surface area contributed by atoms with Crippen molar-refractivity contribution < 1.29 is 5.11 Å². The van der Waals surface area contributed by atoms with Gasteiger partial charge in [-0.05, 0) is 6.07 Å². The lowest BCUT2D eigenvalue weighted by Crippen LogP contribution is -2.37. The van der Waals surface area contributed by atoms with Crippen molar-refractivity contribution in [1.82, 2.24) is 23.7 Å². The van der Waals surface area contributed by atoms with Gasteiger partial charge in [0.15, 0.2) is 16.9 Å². The first-order valence-corrected chi connectivity index (χ1v) is 7.74. The average molecular weight is 353 g/mol. The molecule has 0 amide bonds. The molecule has 132 valence electrons. The Balaban J connectivity index is 1.92. The van der Waals surface area contributed by atoms with Gasteiger partial charge in [0.1, 0.15) is 0 Å². The molecule has 0 unspecified atom stereocenters. The summed E-state index contributed by atoms with van der Waals surface area (Å²) in [5, 5.41) is 18.9. The molecule has 4 aromatic rings. The zero-order valence-corrected chi connectivity index (χ0v) is 14.3. The van der Waals surface area contributed by atoms with Crippen LogP contribution in [0.3, 0.4) is 0 Å². The van der Waals surface area contributed by atoms with Crippen LogP contribution >= 0.6 is 0 Å². The third-order valence-corrected chi connectivity index (χ3v) is 4.35. The van der Waals surface area contributed by atoms with Crippen LogP contribution in [0.5, 0.6) is 5.88 Å². The summed E-state index contributed by atoms with van der Waals surface area (Å²) < 4.78 is 3.75. The van der Waals surface area contributed by atoms with Gasteiger partial charge in [-0.25, -0.2) is 4.79 Å². The van der Waals surface area contributed by atoms with Crippen LogP contribution in [0.15, 0.2) is 44.1 Å². The second-order valence-electron chi connectivity index (χ2n) is 5.92. The molecule has 26 heavy (non-hydrogen) atoms. The van der Waals surface area contributed by atoms with Crippen LogP contribution in [0.2, 0.25) is 0 Å². The molecule has 0 bridgehead atoms. The predicted molar refractivity (Wildman–Crippen MR) is 95.3 cm³/mol. The summed E-state index contributed by atoms with van der Waals surface area (Å²) in [5.41, 5.74) is 0.520. The molecule has 0 aliphatic rings. The van der Waals surface area contributed by atoms with E-state index in [4.69, 9.17) is 0 Å². The second-order valence-corrected chi connectivity index (χ2v) is 5.92. The van der Waals surface area contributed by atoms with Gasteiger partial charge in [-0.1, -0.05) is 18.2 Å². The molecular weight excluding hydrogens is 338 g/mol. The molecule has 0 aliphatic carbocycles. The molecule has 0 saturated heterocycles. The van der Waals surface area contributed by atoms with Gasteiger partial charge in [0, 0.05) is 26.5 Å². The van der Waals surface area contributed by atoms with Crippen LogP contribution in [0.1, 0.15) is 0 Å². The number of hydrogen-bond acceptors (Lipinski definition) is 6. The minimum atomic E-state index is -0.474. The van der Waals surface area contributed by atoms with Crippen molar-refractivity contribution >= 4 is 33.7 Å². The SMILES string of the molecule is Cn1c(=O)c2c(nc(N=Nc3c(O)[nH]c4ccccc34)n2C)n(C)c1=O. The van der Waals surface area contributed by atoms with Gasteiger partial charge in [-0.15, -0.1) is 10.2 Å². The van der Waals surface area contributed by atoms with E-state index in [0.29, 0.717) is 5.39 Å². The minimum absolute atomic E-state index is 0.114. The Bertz CT molecular complexity index is 1320. The molecule has 1 aromatic carbocycles. The Hall–Kier alpha value is -3.69. The number of rotatable bonds is 2. The summed E-state index contributed by atoms with van der Waals surface area (Å²) >= 11 is 0. The van der Waals surface area contributed by atoms with Gasteiger partial charge >= 0.3 is 5.69 Å². The van der Waals surface area contributed by atoms with Crippen LogP contribution in [0.4, 0.5) is 11.6 Å². The molecule has 3 heterocycles. The van der Waals surface area contributed by atoms with E-state index < -0.39 is 11.2 Å². The smallest absolute Gasteiger partial charge is 0.332 e. The lowest BCUT2D eigenvalue weighted by molar-refractivity contribution is 0.459. The van der Waals surface area contributed by atoms with Crippen LogP contribution in [-0.2, 0) is 21.1 Å². The number of fused-ring (bicyclic) bond motifs is 2. The average Bonchev–Trinajstić information content (AvgIpc) is 3.13. The number of nitrogens with zero attached hydrogens (tertiary/aromatic N) is 6. The van der Waals surface area contributed by atoms with Crippen LogP contribution < -0.4 is 11.2 Å². The molecule has 10 heteroatoms. The highest BCUT2D eigenvalue weighted by molar-refractivity contribution is 5.94. The quantitative estimate of drug-likeness (QED) is 0.531. The Morgan fingerprint density at radius 3 is 2.54 bits per heavy atom. The zero-order valence-electron chi connectivity index (χ0n) is 14.3. The number of aryl methyl sites for hydroxylation is 2. The molecule has 0 saturated carbocycles. The normalized spacial score (nSPS) is 12.0. The molecule has 0 atom stereocenters. The number of nitrogens with one attached hydrogen (secondary N) is 1. The molecule has 0 aliphatic heterocycles. The van der Waals surface area contributed by atoms with Gasteiger partial charge in [0.2, 0.25) is 5.88 Å². The highest BCUT2D eigenvalue weighted by Crippen LogP contribution is 2.36. The maximum Gasteiger partial charge on any atom is 0.332 e. The van der Waals surface area contributed by atoms with Crippen molar-refractivity contribution in [3.63, 3.8) is 0 Å². The number of aromatic hydroxyl groups is 1. The van der Waals surface area contributed by atoms with Gasteiger partial charge < -0.3 is 14.7 Å². The number of imidazole rings is 1.